The van der Waals surface area contributed by atoms with Gasteiger partial charge in [0.05, 0.1) is 5.57 Å². The van der Waals surface area contributed by atoms with Crippen LogP contribution in [-0.2, 0) is 0 Å². The van der Waals surface area contributed by atoms with Gasteiger partial charge in [-0.1, -0.05) is 60.7 Å². The van der Waals surface area contributed by atoms with Crippen molar-refractivity contribution in [2.75, 3.05) is 0 Å². The molecule has 0 spiro atoms. The first kappa shape index (κ1) is 11.3. The van der Waals surface area contributed by atoms with E-state index in [0.29, 0.717) is 11.4 Å². The molecule has 1 aliphatic rings. The first-order chi connectivity index (χ1) is 9.40. The molecule has 19 heavy (non-hydrogen) atoms. The molecule has 3 nitrogen and oxygen atoms in total. The normalized spacial score (nSPS) is 13.8. The van der Waals surface area contributed by atoms with Gasteiger partial charge in [0, 0.05) is 11.8 Å². The third-order valence-electron chi connectivity index (χ3n) is 3.03. The van der Waals surface area contributed by atoms with Gasteiger partial charge < -0.3 is 5.53 Å². The number of aliphatic imine (C=N–C) groups is 1. The number of nitrogens with zero attached hydrogens (tertiary/aromatic N) is 3. The summed E-state index contributed by atoms with van der Waals surface area (Å²) in [6, 6.07) is 19.5. The van der Waals surface area contributed by atoms with Gasteiger partial charge in [-0.3, -0.25) is 0 Å². The number of hydrogen-bond donors (Lipinski definition) is 0. The van der Waals surface area contributed by atoms with Crippen molar-refractivity contribution in [3.63, 3.8) is 0 Å². The Labute approximate surface area is 111 Å². The Hall–Kier alpha value is -2.77. The quantitative estimate of drug-likeness (QED) is 0.576. The highest BCUT2D eigenvalue weighted by Crippen LogP contribution is 2.23. The largest absolute Gasteiger partial charge is 0.361 e. The lowest BCUT2D eigenvalue weighted by Crippen LogP contribution is -2.14. The summed E-state index contributed by atoms with van der Waals surface area (Å²) < 4.78 is 0. The molecule has 0 atom stereocenters. The number of allylic oxidation sites excluding steroid dienone is 1. The third kappa shape index (κ3) is 2.03. The first-order valence-electron chi connectivity index (χ1n) is 6.02. The summed E-state index contributed by atoms with van der Waals surface area (Å²) in [5, 5.41) is 0. The molecule has 0 saturated heterocycles. The summed E-state index contributed by atoms with van der Waals surface area (Å²) in [7, 11) is 0. The van der Waals surface area contributed by atoms with Crippen molar-refractivity contribution in [3.05, 3.63) is 83.5 Å². The Morgan fingerprint density at radius 2 is 1.37 bits per heavy atom. The van der Waals surface area contributed by atoms with Gasteiger partial charge in [0.1, 0.15) is 0 Å². The molecule has 1 aliphatic heterocycles. The summed E-state index contributed by atoms with van der Waals surface area (Å²) in [4.78, 5) is 7.80. The van der Waals surface area contributed by atoms with E-state index in [1.807, 2.05) is 60.7 Å². The van der Waals surface area contributed by atoms with E-state index in [1.165, 1.54) is 0 Å². The Morgan fingerprint density at radius 3 is 1.95 bits per heavy atom. The Balaban J connectivity index is 2.01. The minimum atomic E-state index is 0.511. The van der Waals surface area contributed by atoms with Crippen LogP contribution in [0.2, 0.25) is 0 Å². The molecule has 2 aromatic rings. The summed E-state index contributed by atoms with van der Waals surface area (Å²) in [5.41, 5.74) is 13.3. The van der Waals surface area contributed by atoms with Crippen LogP contribution in [0.25, 0.3) is 11.1 Å². The van der Waals surface area contributed by atoms with E-state index in [4.69, 9.17) is 0 Å². The van der Waals surface area contributed by atoms with Crippen molar-refractivity contribution >= 4 is 17.0 Å². The van der Waals surface area contributed by atoms with E-state index in [0.717, 1.165) is 16.7 Å². The molecule has 0 radical (unpaired) electrons. The van der Waals surface area contributed by atoms with E-state index < -0.39 is 0 Å². The van der Waals surface area contributed by atoms with Gasteiger partial charge in [-0.05, 0) is 5.56 Å². The Bertz CT molecular complexity index is 649. The molecule has 0 aliphatic carbocycles. The molecule has 2 aromatic carbocycles. The lowest BCUT2D eigenvalue weighted by atomic mass is 9.97. The second kappa shape index (κ2) is 4.84. The molecule has 0 amide bonds. The maximum atomic E-state index is 9.30. The van der Waals surface area contributed by atoms with Gasteiger partial charge >= 0.3 is 5.71 Å². The summed E-state index contributed by atoms with van der Waals surface area (Å²) in [5.74, 6) is 0. The highest BCUT2D eigenvalue weighted by molar-refractivity contribution is 6.62. The van der Waals surface area contributed by atoms with E-state index >= 15 is 0 Å². The maximum absolute atomic E-state index is 9.30. The van der Waals surface area contributed by atoms with Crippen LogP contribution in [-0.4, -0.2) is 16.2 Å². The highest BCUT2D eigenvalue weighted by Gasteiger charge is 2.29. The van der Waals surface area contributed by atoms with Crippen molar-refractivity contribution < 1.29 is 4.79 Å². The van der Waals surface area contributed by atoms with Crippen molar-refractivity contribution in [1.29, 1.82) is 0 Å². The van der Waals surface area contributed by atoms with Crippen LogP contribution in [0.3, 0.4) is 0 Å². The number of rotatable bonds is 2. The number of benzene rings is 2. The second-order valence-corrected chi connectivity index (χ2v) is 4.20. The van der Waals surface area contributed by atoms with E-state index in [2.05, 4.69) is 9.78 Å². The van der Waals surface area contributed by atoms with Crippen LogP contribution in [0.1, 0.15) is 11.1 Å². The monoisotopic (exact) mass is 245 g/mol. The zero-order valence-corrected chi connectivity index (χ0v) is 10.2. The van der Waals surface area contributed by atoms with Gasteiger partial charge in [-0.15, -0.1) is 0 Å². The third-order valence-corrected chi connectivity index (χ3v) is 3.03. The van der Waals surface area contributed by atoms with Crippen LogP contribution >= 0.6 is 0 Å². The van der Waals surface area contributed by atoms with Gasteiger partial charge in [-0.25, -0.2) is 4.99 Å². The molecule has 0 bridgehead atoms. The smallest absolute Gasteiger partial charge is 0.350 e. The molecule has 0 fully saturated rings. The van der Waals surface area contributed by atoms with Gasteiger partial charge in [0.2, 0.25) is 0 Å². The average Bonchev–Trinajstić information content (AvgIpc) is 2.93. The Morgan fingerprint density at radius 1 is 0.789 bits per heavy atom. The minimum Gasteiger partial charge on any atom is -0.361 e. The maximum Gasteiger partial charge on any atom is 0.350 e. The van der Waals surface area contributed by atoms with Crippen molar-refractivity contribution in [2.45, 2.75) is 0 Å². The topological polar surface area (TPSA) is 48.8 Å². The summed E-state index contributed by atoms with van der Waals surface area (Å²) >= 11 is 0. The van der Waals surface area contributed by atoms with Crippen LogP contribution in [0.5, 0.6) is 0 Å². The molecule has 0 N–H and O–H groups in total. The molecule has 0 aromatic heterocycles. The fourth-order valence-electron chi connectivity index (χ4n) is 2.12. The molecule has 0 saturated carbocycles. The molecular formula is C16H11N3. The minimum absolute atomic E-state index is 0.511. The highest BCUT2D eigenvalue weighted by atomic mass is 14.9. The molecule has 3 rings (SSSR count). The van der Waals surface area contributed by atoms with Crippen LogP contribution in [0.4, 0.5) is 0 Å². The summed E-state index contributed by atoms with van der Waals surface area (Å²) in [6.45, 7) is 0. The lowest BCUT2D eigenvalue weighted by molar-refractivity contribution is 0.00119. The molecule has 3 heteroatoms. The zero-order valence-electron chi connectivity index (χ0n) is 10.2. The van der Waals surface area contributed by atoms with Gasteiger partial charge in [0.25, 0.3) is 0 Å². The van der Waals surface area contributed by atoms with Crippen molar-refractivity contribution in [3.8, 4) is 0 Å². The van der Waals surface area contributed by atoms with Crippen molar-refractivity contribution in [1.82, 2.24) is 0 Å². The fraction of sp³-hybridized carbons (Fsp3) is 0. The second-order valence-electron chi connectivity index (χ2n) is 4.20. The number of hydrogen-bond acceptors (Lipinski definition) is 1. The van der Waals surface area contributed by atoms with Gasteiger partial charge in [0.15, 0.2) is 5.71 Å². The van der Waals surface area contributed by atoms with E-state index in [-0.39, 0.29) is 0 Å². The predicted molar refractivity (Wildman–Crippen MR) is 76.0 cm³/mol. The van der Waals surface area contributed by atoms with E-state index in [1.54, 1.807) is 6.20 Å². The average molecular weight is 245 g/mol. The van der Waals surface area contributed by atoms with Crippen LogP contribution < -0.4 is 0 Å². The van der Waals surface area contributed by atoms with E-state index in [9.17, 15) is 5.53 Å². The molecule has 1 heterocycles. The van der Waals surface area contributed by atoms with Crippen molar-refractivity contribution in [2.24, 2.45) is 4.99 Å². The molecular weight excluding hydrogens is 234 g/mol. The standard InChI is InChI=1S/C16H11N3/c17-19-16-14(12-7-3-1-4-8-12)11-18-15(16)13-9-5-2-6-10-13/h1-11H. The summed E-state index contributed by atoms with van der Waals surface area (Å²) in [6.07, 6.45) is 1.74. The predicted octanol–water partition coefficient (Wildman–Crippen LogP) is 3.20. The van der Waals surface area contributed by atoms with Gasteiger partial charge in [-0.2, -0.15) is 4.79 Å². The Kier molecular flexibility index (Phi) is 2.89. The molecule has 0 unspecified atom stereocenters. The lowest BCUT2D eigenvalue weighted by Gasteiger charge is -1.99. The molecule has 90 valence electrons. The fourth-order valence-corrected chi connectivity index (χ4v) is 2.12. The zero-order chi connectivity index (χ0) is 13.1. The first-order valence-corrected chi connectivity index (χ1v) is 6.02. The van der Waals surface area contributed by atoms with Crippen LogP contribution in [0.15, 0.2) is 71.9 Å². The SMILES string of the molecule is [N-]=[N+]=C1C(c2ccccc2)=CN=C1c1ccccc1. The van der Waals surface area contributed by atoms with Crippen LogP contribution in [0, 0.1) is 0 Å².